The molecule has 1 heterocycles. The number of benzene rings is 1. The molecule has 1 aromatic carbocycles. The van der Waals surface area contributed by atoms with Gasteiger partial charge in [0.2, 0.25) is 5.91 Å². The minimum absolute atomic E-state index is 0.190. The van der Waals surface area contributed by atoms with Crippen LogP contribution in [0, 0.1) is 0 Å². The third-order valence-corrected chi connectivity index (χ3v) is 3.93. The Hall–Kier alpha value is -2.83. The molecule has 1 aliphatic rings. The van der Waals surface area contributed by atoms with Crippen LogP contribution in [0.1, 0.15) is 24.2 Å². The molecule has 25 heavy (non-hydrogen) atoms. The molecule has 0 aliphatic carbocycles. The normalized spacial score (nSPS) is 17.4. The van der Waals surface area contributed by atoms with Crippen LogP contribution in [0.25, 0.3) is 0 Å². The average molecular weight is 346 g/mol. The van der Waals surface area contributed by atoms with Gasteiger partial charge in [-0.3, -0.25) is 14.4 Å². The van der Waals surface area contributed by atoms with E-state index in [1.807, 2.05) is 6.92 Å². The van der Waals surface area contributed by atoms with E-state index in [-0.39, 0.29) is 31.4 Å². The molecule has 134 valence electrons. The van der Waals surface area contributed by atoms with Gasteiger partial charge in [0.25, 0.3) is 5.91 Å². The summed E-state index contributed by atoms with van der Waals surface area (Å²) in [7, 11) is 0. The Kier molecular flexibility index (Phi) is 5.80. The molecule has 7 nitrogen and oxygen atoms in total. The fourth-order valence-electron chi connectivity index (χ4n) is 2.65. The van der Waals surface area contributed by atoms with E-state index in [9.17, 15) is 14.4 Å². The lowest BCUT2D eigenvalue weighted by Crippen LogP contribution is -2.58. The van der Waals surface area contributed by atoms with Crippen molar-refractivity contribution in [1.29, 1.82) is 0 Å². The molecule has 0 saturated carbocycles. The van der Waals surface area contributed by atoms with Crippen LogP contribution in [0.5, 0.6) is 5.75 Å². The van der Waals surface area contributed by atoms with E-state index in [4.69, 9.17) is 9.84 Å². The number of hydrogen-bond donors (Lipinski definition) is 1. The molecular weight excluding hydrogens is 324 g/mol. The number of ether oxygens (including phenoxy) is 1. The van der Waals surface area contributed by atoms with Crippen molar-refractivity contribution in [3.63, 3.8) is 0 Å². The predicted molar refractivity (Wildman–Crippen MR) is 91.5 cm³/mol. The van der Waals surface area contributed by atoms with Crippen molar-refractivity contribution in [2.45, 2.75) is 19.9 Å². The van der Waals surface area contributed by atoms with Crippen molar-refractivity contribution in [1.82, 2.24) is 9.80 Å². The molecule has 1 saturated heterocycles. The summed E-state index contributed by atoms with van der Waals surface area (Å²) in [4.78, 5) is 38.7. The lowest BCUT2D eigenvalue weighted by atomic mass is 10.1. The van der Waals surface area contributed by atoms with Crippen molar-refractivity contribution < 1.29 is 24.2 Å². The Labute approximate surface area is 146 Å². The minimum Gasteiger partial charge on any atom is -0.488 e. The highest BCUT2D eigenvalue weighted by Gasteiger charge is 2.36. The third kappa shape index (κ3) is 4.37. The minimum atomic E-state index is -1.07. The standard InChI is InChI=1S/C18H22N2O5/c1-12(2)11-25-15-7-5-4-6-14(15)18(24)20-9-8-19(10-16(21)22)17(23)13(20)3/h4-7,13H,1,8-11H2,2-3H3,(H,21,22)/t13-/m0/s1. The molecule has 1 atom stereocenters. The summed E-state index contributed by atoms with van der Waals surface area (Å²) in [6.45, 7) is 7.60. The molecule has 0 bridgehead atoms. The largest absolute Gasteiger partial charge is 0.488 e. The van der Waals surface area contributed by atoms with Crippen LogP contribution in [0.2, 0.25) is 0 Å². The van der Waals surface area contributed by atoms with E-state index in [0.717, 1.165) is 5.57 Å². The number of carbonyl (C=O) groups excluding carboxylic acids is 2. The van der Waals surface area contributed by atoms with E-state index < -0.39 is 12.0 Å². The molecule has 0 radical (unpaired) electrons. The summed E-state index contributed by atoms with van der Waals surface area (Å²) in [5, 5.41) is 8.87. The smallest absolute Gasteiger partial charge is 0.323 e. The van der Waals surface area contributed by atoms with Crippen LogP contribution in [-0.4, -0.2) is 65.0 Å². The highest BCUT2D eigenvalue weighted by atomic mass is 16.5. The van der Waals surface area contributed by atoms with Crippen LogP contribution in [-0.2, 0) is 9.59 Å². The van der Waals surface area contributed by atoms with E-state index in [1.165, 1.54) is 9.80 Å². The number of piperazine rings is 1. The highest BCUT2D eigenvalue weighted by molar-refractivity contribution is 6.00. The summed E-state index contributed by atoms with van der Waals surface area (Å²) in [6, 6.07) is 6.12. The van der Waals surface area contributed by atoms with Crippen molar-refractivity contribution in [3.8, 4) is 5.75 Å². The first kappa shape index (κ1) is 18.5. The maximum Gasteiger partial charge on any atom is 0.323 e. The zero-order valence-electron chi connectivity index (χ0n) is 14.4. The van der Waals surface area contributed by atoms with Gasteiger partial charge < -0.3 is 19.6 Å². The number of carbonyl (C=O) groups is 3. The number of rotatable bonds is 6. The first-order chi connectivity index (χ1) is 11.8. The highest BCUT2D eigenvalue weighted by Crippen LogP contribution is 2.23. The van der Waals surface area contributed by atoms with Crippen molar-refractivity contribution >= 4 is 17.8 Å². The molecule has 0 spiro atoms. The molecule has 2 amide bonds. The lowest BCUT2D eigenvalue weighted by Gasteiger charge is -2.38. The number of carboxylic acids is 1. The van der Waals surface area contributed by atoms with Crippen LogP contribution < -0.4 is 4.74 Å². The lowest BCUT2D eigenvalue weighted by molar-refractivity contribution is -0.148. The first-order valence-electron chi connectivity index (χ1n) is 7.99. The van der Waals surface area contributed by atoms with Gasteiger partial charge in [0.05, 0.1) is 5.56 Å². The topological polar surface area (TPSA) is 87.2 Å². The second-order valence-electron chi connectivity index (χ2n) is 6.07. The van der Waals surface area contributed by atoms with E-state index in [2.05, 4.69) is 6.58 Å². The average Bonchev–Trinajstić information content (AvgIpc) is 2.56. The third-order valence-electron chi connectivity index (χ3n) is 3.93. The number of nitrogens with zero attached hydrogens (tertiary/aromatic N) is 2. The van der Waals surface area contributed by atoms with Crippen LogP contribution in [0.15, 0.2) is 36.4 Å². The zero-order valence-corrected chi connectivity index (χ0v) is 14.4. The van der Waals surface area contributed by atoms with E-state index >= 15 is 0 Å². The molecular formula is C18H22N2O5. The van der Waals surface area contributed by atoms with Gasteiger partial charge >= 0.3 is 5.97 Å². The Morgan fingerprint density at radius 3 is 2.64 bits per heavy atom. The molecule has 0 unspecified atom stereocenters. The monoisotopic (exact) mass is 346 g/mol. The maximum atomic E-state index is 12.9. The molecule has 1 N–H and O–H groups in total. The molecule has 1 aliphatic heterocycles. The molecule has 1 aromatic rings. The zero-order chi connectivity index (χ0) is 18.6. The maximum absolute atomic E-state index is 12.9. The second-order valence-corrected chi connectivity index (χ2v) is 6.07. The number of para-hydroxylation sites is 1. The predicted octanol–water partition coefficient (Wildman–Crippen LogP) is 1.40. The van der Waals surface area contributed by atoms with E-state index in [0.29, 0.717) is 17.9 Å². The van der Waals surface area contributed by atoms with Gasteiger partial charge in [0, 0.05) is 13.1 Å². The Morgan fingerprint density at radius 1 is 1.32 bits per heavy atom. The molecule has 7 heteroatoms. The van der Waals surface area contributed by atoms with E-state index in [1.54, 1.807) is 31.2 Å². The molecule has 2 rings (SSSR count). The van der Waals surface area contributed by atoms with Gasteiger partial charge in [-0.15, -0.1) is 0 Å². The van der Waals surface area contributed by atoms with Gasteiger partial charge in [0.15, 0.2) is 0 Å². The number of carboxylic acid groups (broad SMARTS) is 1. The van der Waals surface area contributed by atoms with Gasteiger partial charge in [0.1, 0.15) is 24.9 Å². The van der Waals surface area contributed by atoms with Crippen molar-refractivity contribution in [3.05, 3.63) is 42.0 Å². The summed E-state index contributed by atoms with van der Waals surface area (Å²) in [5.41, 5.74) is 1.20. The van der Waals surface area contributed by atoms with Crippen LogP contribution >= 0.6 is 0 Å². The summed E-state index contributed by atoms with van der Waals surface area (Å²) in [5.74, 6) is -1.32. The van der Waals surface area contributed by atoms with Gasteiger partial charge in [-0.05, 0) is 31.6 Å². The molecule has 1 fully saturated rings. The second kappa shape index (κ2) is 7.83. The molecule has 0 aromatic heterocycles. The van der Waals surface area contributed by atoms with Gasteiger partial charge in [-0.1, -0.05) is 18.7 Å². The van der Waals surface area contributed by atoms with Gasteiger partial charge in [-0.25, -0.2) is 0 Å². The fourth-order valence-corrected chi connectivity index (χ4v) is 2.65. The van der Waals surface area contributed by atoms with Crippen LogP contribution in [0.3, 0.4) is 0 Å². The number of hydrogen-bond acceptors (Lipinski definition) is 4. The Balaban J connectivity index is 2.17. The number of amides is 2. The van der Waals surface area contributed by atoms with Crippen molar-refractivity contribution in [2.75, 3.05) is 26.2 Å². The fraction of sp³-hybridized carbons (Fsp3) is 0.389. The van der Waals surface area contributed by atoms with Crippen LogP contribution in [0.4, 0.5) is 0 Å². The summed E-state index contributed by atoms with van der Waals surface area (Å²) < 4.78 is 5.63. The Morgan fingerprint density at radius 2 is 2.00 bits per heavy atom. The quantitative estimate of drug-likeness (QED) is 0.787. The SMILES string of the molecule is C=C(C)COc1ccccc1C(=O)N1CCN(CC(=O)O)C(=O)[C@@H]1C. The summed E-state index contributed by atoms with van der Waals surface area (Å²) >= 11 is 0. The number of aliphatic carboxylic acids is 1. The van der Waals surface area contributed by atoms with Gasteiger partial charge in [-0.2, -0.15) is 0 Å². The van der Waals surface area contributed by atoms with Crippen molar-refractivity contribution in [2.24, 2.45) is 0 Å². The Bertz CT molecular complexity index is 700. The first-order valence-corrected chi connectivity index (χ1v) is 7.99. The summed E-state index contributed by atoms with van der Waals surface area (Å²) in [6.07, 6.45) is 0.